The molecule has 1 atom stereocenters. The maximum absolute atomic E-state index is 6.30. The fourth-order valence-corrected chi connectivity index (χ4v) is 2.18. The van der Waals surface area contributed by atoms with Gasteiger partial charge in [0.25, 0.3) is 0 Å². The van der Waals surface area contributed by atoms with Gasteiger partial charge in [-0.05, 0) is 31.9 Å². The highest BCUT2D eigenvalue weighted by atomic mass is 15.1. The standard InChI is InChI=1S/C14H19N3/c1-4-17-8-7-16-14(17)13(15)12-6-5-10(2)9-11(12)3/h5-9,13H,4,15H2,1-3H3. The van der Waals surface area contributed by atoms with E-state index in [1.165, 1.54) is 11.1 Å². The largest absolute Gasteiger partial charge is 0.334 e. The van der Waals surface area contributed by atoms with Crippen molar-refractivity contribution in [2.45, 2.75) is 33.4 Å². The number of benzene rings is 1. The number of nitrogens with zero attached hydrogens (tertiary/aromatic N) is 2. The molecule has 3 nitrogen and oxygen atoms in total. The van der Waals surface area contributed by atoms with Crippen molar-refractivity contribution in [2.24, 2.45) is 5.73 Å². The van der Waals surface area contributed by atoms with Crippen molar-refractivity contribution in [3.63, 3.8) is 0 Å². The molecule has 0 aliphatic heterocycles. The molecule has 0 spiro atoms. The highest BCUT2D eigenvalue weighted by molar-refractivity contribution is 5.35. The molecule has 0 aliphatic rings. The quantitative estimate of drug-likeness (QED) is 0.879. The Balaban J connectivity index is 2.40. The lowest BCUT2D eigenvalue weighted by atomic mass is 9.99. The summed E-state index contributed by atoms with van der Waals surface area (Å²) in [6.07, 6.45) is 3.78. The van der Waals surface area contributed by atoms with Crippen molar-refractivity contribution in [3.8, 4) is 0 Å². The van der Waals surface area contributed by atoms with Crippen LogP contribution in [-0.2, 0) is 6.54 Å². The molecular formula is C14H19N3. The Labute approximate surface area is 102 Å². The molecular weight excluding hydrogens is 210 g/mol. The van der Waals surface area contributed by atoms with Crippen LogP contribution in [0.1, 0.15) is 35.5 Å². The molecule has 0 saturated carbocycles. The van der Waals surface area contributed by atoms with Crippen LogP contribution in [0.25, 0.3) is 0 Å². The Kier molecular flexibility index (Phi) is 3.29. The van der Waals surface area contributed by atoms with Gasteiger partial charge in [-0.1, -0.05) is 23.8 Å². The van der Waals surface area contributed by atoms with Crippen molar-refractivity contribution < 1.29 is 0 Å². The summed E-state index contributed by atoms with van der Waals surface area (Å²) in [6.45, 7) is 7.19. The van der Waals surface area contributed by atoms with E-state index in [0.29, 0.717) is 0 Å². The van der Waals surface area contributed by atoms with Crippen molar-refractivity contribution in [2.75, 3.05) is 0 Å². The third-order valence-electron chi connectivity index (χ3n) is 3.13. The smallest absolute Gasteiger partial charge is 0.130 e. The zero-order valence-corrected chi connectivity index (χ0v) is 10.6. The van der Waals surface area contributed by atoms with Crippen molar-refractivity contribution in [3.05, 3.63) is 53.1 Å². The maximum Gasteiger partial charge on any atom is 0.130 e. The summed E-state index contributed by atoms with van der Waals surface area (Å²) in [6, 6.07) is 6.21. The first kappa shape index (κ1) is 11.9. The molecule has 1 unspecified atom stereocenters. The first-order chi connectivity index (χ1) is 8.13. The number of aryl methyl sites for hydroxylation is 3. The summed E-state index contributed by atoms with van der Waals surface area (Å²) in [5.41, 5.74) is 9.94. The molecule has 1 aromatic carbocycles. The monoisotopic (exact) mass is 229 g/mol. The molecule has 90 valence electrons. The molecule has 0 fully saturated rings. The summed E-state index contributed by atoms with van der Waals surface area (Å²) >= 11 is 0. The molecule has 1 heterocycles. The van der Waals surface area contributed by atoms with E-state index in [4.69, 9.17) is 5.73 Å². The predicted molar refractivity (Wildman–Crippen MR) is 69.8 cm³/mol. The van der Waals surface area contributed by atoms with Gasteiger partial charge >= 0.3 is 0 Å². The molecule has 2 aromatic rings. The number of nitrogens with two attached hydrogens (primary N) is 1. The van der Waals surface area contributed by atoms with Gasteiger partial charge in [0.2, 0.25) is 0 Å². The second-order valence-corrected chi connectivity index (χ2v) is 4.41. The fraction of sp³-hybridized carbons (Fsp3) is 0.357. The van der Waals surface area contributed by atoms with Crippen LogP contribution in [0.4, 0.5) is 0 Å². The summed E-state index contributed by atoms with van der Waals surface area (Å²) in [7, 11) is 0. The molecule has 0 radical (unpaired) electrons. The average molecular weight is 229 g/mol. The lowest BCUT2D eigenvalue weighted by Gasteiger charge is -2.16. The third kappa shape index (κ3) is 2.24. The van der Waals surface area contributed by atoms with Gasteiger partial charge in [0.05, 0.1) is 6.04 Å². The third-order valence-corrected chi connectivity index (χ3v) is 3.13. The number of hydrogen-bond acceptors (Lipinski definition) is 2. The zero-order chi connectivity index (χ0) is 12.4. The molecule has 0 saturated heterocycles. The van der Waals surface area contributed by atoms with Crippen LogP contribution in [0.2, 0.25) is 0 Å². The highest BCUT2D eigenvalue weighted by Crippen LogP contribution is 2.22. The molecule has 0 bridgehead atoms. The lowest BCUT2D eigenvalue weighted by Crippen LogP contribution is -2.18. The second kappa shape index (κ2) is 4.72. The minimum absolute atomic E-state index is 0.148. The summed E-state index contributed by atoms with van der Waals surface area (Å²) in [5.74, 6) is 0.930. The molecule has 0 amide bonds. The van der Waals surface area contributed by atoms with E-state index in [2.05, 4.69) is 48.5 Å². The minimum atomic E-state index is -0.148. The van der Waals surface area contributed by atoms with E-state index in [9.17, 15) is 0 Å². The number of rotatable bonds is 3. The predicted octanol–water partition coefficient (Wildman–Crippen LogP) is 2.57. The van der Waals surface area contributed by atoms with E-state index < -0.39 is 0 Å². The number of hydrogen-bond donors (Lipinski definition) is 1. The second-order valence-electron chi connectivity index (χ2n) is 4.41. The SMILES string of the molecule is CCn1ccnc1C(N)c1ccc(C)cc1C. The van der Waals surface area contributed by atoms with E-state index in [1.54, 1.807) is 0 Å². The maximum atomic E-state index is 6.30. The van der Waals surface area contributed by atoms with E-state index in [0.717, 1.165) is 17.9 Å². The van der Waals surface area contributed by atoms with E-state index in [1.807, 2.05) is 12.4 Å². The highest BCUT2D eigenvalue weighted by Gasteiger charge is 2.15. The Hall–Kier alpha value is -1.61. The first-order valence-corrected chi connectivity index (χ1v) is 5.97. The number of imidazole rings is 1. The van der Waals surface area contributed by atoms with Gasteiger partial charge < -0.3 is 10.3 Å². The topological polar surface area (TPSA) is 43.8 Å². The summed E-state index contributed by atoms with van der Waals surface area (Å²) in [5, 5.41) is 0. The number of aromatic nitrogens is 2. The zero-order valence-electron chi connectivity index (χ0n) is 10.6. The molecule has 0 aliphatic carbocycles. The van der Waals surface area contributed by atoms with Crippen LogP contribution in [0.15, 0.2) is 30.6 Å². The molecule has 3 heteroatoms. The Bertz CT molecular complexity index is 514. The van der Waals surface area contributed by atoms with Crippen LogP contribution in [0.5, 0.6) is 0 Å². The molecule has 17 heavy (non-hydrogen) atoms. The van der Waals surface area contributed by atoms with Gasteiger partial charge in [0, 0.05) is 18.9 Å². The van der Waals surface area contributed by atoms with Crippen LogP contribution < -0.4 is 5.73 Å². The van der Waals surface area contributed by atoms with Crippen LogP contribution >= 0.6 is 0 Å². The molecule has 2 rings (SSSR count). The fourth-order valence-electron chi connectivity index (χ4n) is 2.18. The van der Waals surface area contributed by atoms with Gasteiger partial charge in [0.1, 0.15) is 5.82 Å². The van der Waals surface area contributed by atoms with Gasteiger partial charge in [-0.2, -0.15) is 0 Å². The molecule has 1 aromatic heterocycles. The summed E-state index contributed by atoms with van der Waals surface area (Å²) in [4.78, 5) is 4.36. The van der Waals surface area contributed by atoms with E-state index in [-0.39, 0.29) is 6.04 Å². The van der Waals surface area contributed by atoms with Crippen molar-refractivity contribution in [1.82, 2.24) is 9.55 Å². The van der Waals surface area contributed by atoms with Crippen LogP contribution in [0, 0.1) is 13.8 Å². The van der Waals surface area contributed by atoms with Crippen LogP contribution in [0.3, 0.4) is 0 Å². The van der Waals surface area contributed by atoms with Gasteiger partial charge in [-0.15, -0.1) is 0 Å². The normalized spacial score (nSPS) is 12.7. The Morgan fingerprint density at radius 1 is 1.35 bits per heavy atom. The van der Waals surface area contributed by atoms with Gasteiger partial charge in [-0.25, -0.2) is 4.98 Å². The van der Waals surface area contributed by atoms with E-state index >= 15 is 0 Å². The molecule has 2 N–H and O–H groups in total. The first-order valence-electron chi connectivity index (χ1n) is 5.97. The van der Waals surface area contributed by atoms with Gasteiger partial charge in [0.15, 0.2) is 0 Å². The van der Waals surface area contributed by atoms with Crippen molar-refractivity contribution >= 4 is 0 Å². The minimum Gasteiger partial charge on any atom is -0.334 e. The van der Waals surface area contributed by atoms with Gasteiger partial charge in [-0.3, -0.25) is 0 Å². The Morgan fingerprint density at radius 2 is 2.12 bits per heavy atom. The lowest BCUT2D eigenvalue weighted by molar-refractivity contribution is 0.655. The average Bonchev–Trinajstić information content (AvgIpc) is 2.76. The Morgan fingerprint density at radius 3 is 2.76 bits per heavy atom. The van der Waals surface area contributed by atoms with Crippen molar-refractivity contribution in [1.29, 1.82) is 0 Å². The summed E-state index contributed by atoms with van der Waals surface area (Å²) < 4.78 is 2.09. The van der Waals surface area contributed by atoms with Crippen LogP contribution in [-0.4, -0.2) is 9.55 Å².